The van der Waals surface area contributed by atoms with Crippen LogP contribution in [0.3, 0.4) is 0 Å². The average molecular weight is 207 g/mol. The smallest absolute Gasteiger partial charge is 0.186 e. The maximum Gasteiger partial charge on any atom is 0.186 e. The van der Waals surface area contributed by atoms with Crippen LogP contribution < -0.4 is 4.74 Å². The van der Waals surface area contributed by atoms with Crippen molar-refractivity contribution in [2.24, 2.45) is 5.92 Å². The molecule has 0 aliphatic rings. The minimum Gasteiger partial charge on any atom is -0.496 e. The molecular weight excluding hydrogens is 197 g/mol. The molecule has 0 N–H and O–H groups in total. The van der Waals surface area contributed by atoms with Gasteiger partial charge in [0.15, 0.2) is 5.78 Å². The Morgan fingerprint density at radius 1 is 1.60 bits per heavy atom. The van der Waals surface area contributed by atoms with E-state index in [1.54, 1.807) is 6.07 Å². The first-order chi connectivity index (χ1) is 7.11. The Morgan fingerprint density at radius 2 is 2.27 bits per heavy atom. The van der Waals surface area contributed by atoms with Crippen molar-refractivity contribution in [3.63, 3.8) is 0 Å². The first kappa shape index (κ1) is 11.2. The second kappa shape index (κ2) is 4.56. The highest BCUT2D eigenvalue weighted by Crippen LogP contribution is 2.23. The Morgan fingerprint density at radius 3 is 2.80 bits per heavy atom. The SMILES string of the molecule is COc1cccc(F)c1C(=O)C(C)C#N. The van der Waals surface area contributed by atoms with Gasteiger partial charge in [-0.05, 0) is 19.1 Å². The monoisotopic (exact) mass is 207 g/mol. The number of halogens is 1. The first-order valence-electron chi connectivity index (χ1n) is 4.38. The number of benzene rings is 1. The number of nitriles is 1. The van der Waals surface area contributed by atoms with E-state index in [1.807, 2.05) is 0 Å². The molecule has 0 amide bonds. The molecule has 0 spiro atoms. The molecule has 4 heteroatoms. The largest absolute Gasteiger partial charge is 0.496 e. The maximum absolute atomic E-state index is 13.4. The second-order valence-electron chi connectivity index (χ2n) is 3.03. The van der Waals surface area contributed by atoms with E-state index in [1.165, 1.54) is 32.2 Å². The molecule has 0 heterocycles. The Bertz CT molecular complexity index is 423. The van der Waals surface area contributed by atoms with E-state index in [4.69, 9.17) is 10.00 Å². The minimum atomic E-state index is -0.879. The molecule has 0 radical (unpaired) electrons. The summed E-state index contributed by atoms with van der Waals surface area (Å²) < 4.78 is 18.2. The van der Waals surface area contributed by atoms with E-state index in [9.17, 15) is 9.18 Å². The van der Waals surface area contributed by atoms with Crippen molar-refractivity contribution in [2.45, 2.75) is 6.92 Å². The molecule has 15 heavy (non-hydrogen) atoms. The highest BCUT2D eigenvalue weighted by molar-refractivity contribution is 6.01. The van der Waals surface area contributed by atoms with Crippen molar-refractivity contribution in [1.82, 2.24) is 0 Å². The lowest BCUT2D eigenvalue weighted by molar-refractivity contribution is 0.0949. The van der Waals surface area contributed by atoms with Crippen LogP contribution in [0.1, 0.15) is 17.3 Å². The van der Waals surface area contributed by atoms with E-state index in [0.29, 0.717) is 0 Å². The van der Waals surface area contributed by atoms with Gasteiger partial charge < -0.3 is 4.74 Å². The number of carbonyl (C=O) groups excluding carboxylic acids is 1. The third kappa shape index (κ3) is 2.13. The highest BCUT2D eigenvalue weighted by Gasteiger charge is 2.22. The fraction of sp³-hybridized carbons (Fsp3) is 0.273. The van der Waals surface area contributed by atoms with Crippen molar-refractivity contribution < 1.29 is 13.9 Å². The van der Waals surface area contributed by atoms with Crippen molar-refractivity contribution in [1.29, 1.82) is 5.26 Å². The summed E-state index contributed by atoms with van der Waals surface area (Å²) in [6.45, 7) is 1.42. The number of carbonyl (C=O) groups is 1. The third-order valence-electron chi connectivity index (χ3n) is 2.03. The molecule has 1 aromatic rings. The van der Waals surface area contributed by atoms with Crippen molar-refractivity contribution >= 4 is 5.78 Å². The summed E-state index contributed by atoms with van der Waals surface area (Å²) >= 11 is 0. The van der Waals surface area contributed by atoms with Crippen molar-refractivity contribution in [3.05, 3.63) is 29.6 Å². The van der Waals surface area contributed by atoms with Crippen molar-refractivity contribution in [3.8, 4) is 11.8 Å². The maximum atomic E-state index is 13.4. The molecule has 0 aliphatic heterocycles. The van der Waals surface area contributed by atoms with Crippen LogP contribution in [0.2, 0.25) is 0 Å². The molecule has 0 saturated heterocycles. The molecule has 0 aliphatic carbocycles. The van der Waals surface area contributed by atoms with Crippen LogP contribution >= 0.6 is 0 Å². The average Bonchev–Trinajstić information content (AvgIpc) is 2.26. The summed E-state index contributed by atoms with van der Waals surface area (Å²) in [6, 6.07) is 5.87. The molecule has 1 unspecified atom stereocenters. The van der Waals surface area contributed by atoms with Crippen LogP contribution in [0.15, 0.2) is 18.2 Å². The standard InChI is InChI=1S/C11H10FNO2/c1-7(6-13)11(14)10-8(12)4-3-5-9(10)15-2/h3-5,7H,1-2H3. The van der Waals surface area contributed by atoms with E-state index >= 15 is 0 Å². The normalized spacial score (nSPS) is 11.6. The summed E-state index contributed by atoms with van der Waals surface area (Å²) in [5.74, 6) is -1.95. The van der Waals surface area contributed by atoms with Crippen LogP contribution in [0.5, 0.6) is 5.75 Å². The van der Waals surface area contributed by atoms with Gasteiger partial charge >= 0.3 is 0 Å². The Balaban J connectivity index is 3.24. The number of rotatable bonds is 3. The summed E-state index contributed by atoms with van der Waals surface area (Å²) in [7, 11) is 1.35. The zero-order chi connectivity index (χ0) is 11.4. The lowest BCUT2D eigenvalue weighted by Crippen LogP contribution is -2.12. The van der Waals surface area contributed by atoms with Gasteiger partial charge in [-0.3, -0.25) is 4.79 Å². The molecule has 0 bridgehead atoms. The summed E-state index contributed by atoms with van der Waals surface area (Å²) in [6.07, 6.45) is 0. The van der Waals surface area contributed by atoms with E-state index < -0.39 is 17.5 Å². The van der Waals surface area contributed by atoms with Crippen LogP contribution in [0, 0.1) is 23.1 Å². The summed E-state index contributed by atoms with van der Waals surface area (Å²) in [5.41, 5.74) is -0.158. The number of nitrogens with zero attached hydrogens (tertiary/aromatic N) is 1. The predicted octanol–water partition coefficient (Wildman–Crippen LogP) is 2.18. The molecule has 1 aromatic carbocycles. The molecule has 0 saturated carbocycles. The van der Waals surface area contributed by atoms with E-state index in [-0.39, 0.29) is 11.3 Å². The molecule has 1 atom stereocenters. The van der Waals surface area contributed by atoms with Gasteiger partial charge in [0, 0.05) is 0 Å². The molecule has 0 aromatic heterocycles. The quantitative estimate of drug-likeness (QED) is 0.714. The fourth-order valence-corrected chi connectivity index (χ4v) is 1.19. The molecule has 1 rings (SSSR count). The van der Waals surface area contributed by atoms with Gasteiger partial charge in [-0.2, -0.15) is 5.26 Å². The highest BCUT2D eigenvalue weighted by atomic mass is 19.1. The summed E-state index contributed by atoms with van der Waals surface area (Å²) in [4.78, 5) is 11.6. The number of ketones is 1. The van der Waals surface area contributed by atoms with Gasteiger partial charge in [-0.1, -0.05) is 6.07 Å². The Labute approximate surface area is 87.1 Å². The second-order valence-corrected chi connectivity index (χ2v) is 3.03. The topological polar surface area (TPSA) is 50.1 Å². The van der Waals surface area contributed by atoms with Crippen LogP contribution in [0.25, 0.3) is 0 Å². The minimum absolute atomic E-state index is 0.155. The van der Waals surface area contributed by atoms with Gasteiger partial charge in [0.25, 0.3) is 0 Å². The van der Waals surface area contributed by atoms with Crippen LogP contribution in [0.4, 0.5) is 4.39 Å². The van der Waals surface area contributed by atoms with Crippen LogP contribution in [-0.4, -0.2) is 12.9 Å². The lowest BCUT2D eigenvalue weighted by atomic mass is 9.99. The van der Waals surface area contributed by atoms with Gasteiger partial charge in [-0.15, -0.1) is 0 Å². The number of hydrogen-bond acceptors (Lipinski definition) is 3. The zero-order valence-electron chi connectivity index (χ0n) is 8.45. The molecule has 0 fully saturated rings. The molecular formula is C11H10FNO2. The van der Waals surface area contributed by atoms with Crippen molar-refractivity contribution in [2.75, 3.05) is 7.11 Å². The Hall–Kier alpha value is -1.89. The number of methoxy groups -OCH3 is 1. The van der Waals surface area contributed by atoms with Gasteiger partial charge in [0.1, 0.15) is 17.5 Å². The molecule has 78 valence electrons. The number of hydrogen-bond donors (Lipinski definition) is 0. The number of ether oxygens (including phenoxy) is 1. The fourth-order valence-electron chi connectivity index (χ4n) is 1.19. The predicted molar refractivity (Wildman–Crippen MR) is 52.1 cm³/mol. The summed E-state index contributed by atoms with van der Waals surface area (Å²) in [5, 5.41) is 8.59. The third-order valence-corrected chi connectivity index (χ3v) is 2.03. The first-order valence-corrected chi connectivity index (χ1v) is 4.38. The van der Waals surface area contributed by atoms with E-state index in [2.05, 4.69) is 0 Å². The van der Waals surface area contributed by atoms with Crippen LogP contribution in [-0.2, 0) is 0 Å². The number of Topliss-reactive ketones (excluding diaryl/α,β-unsaturated/α-hetero) is 1. The molecule has 3 nitrogen and oxygen atoms in total. The van der Waals surface area contributed by atoms with Gasteiger partial charge in [0.2, 0.25) is 0 Å². The lowest BCUT2D eigenvalue weighted by Gasteiger charge is -2.08. The van der Waals surface area contributed by atoms with Gasteiger partial charge in [0.05, 0.1) is 18.7 Å². The Kier molecular flexibility index (Phi) is 3.40. The van der Waals surface area contributed by atoms with E-state index in [0.717, 1.165) is 0 Å². The van der Waals surface area contributed by atoms with Gasteiger partial charge in [-0.25, -0.2) is 4.39 Å². The zero-order valence-corrected chi connectivity index (χ0v) is 8.45.